The van der Waals surface area contributed by atoms with E-state index < -0.39 is 0 Å². The Morgan fingerprint density at radius 1 is 1.24 bits per heavy atom. The molecule has 1 aliphatic carbocycles. The van der Waals surface area contributed by atoms with Gasteiger partial charge in [0.1, 0.15) is 5.76 Å². The number of ether oxygens (including phenoxy) is 1. The zero-order chi connectivity index (χ0) is 17.6. The highest BCUT2D eigenvalue weighted by atomic mass is 16.5. The van der Waals surface area contributed by atoms with Gasteiger partial charge in [-0.15, -0.1) is 0 Å². The van der Waals surface area contributed by atoms with E-state index in [-0.39, 0.29) is 17.7 Å². The molecule has 25 heavy (non-hydrogen) atoms. The van der Waals surface area contributed by atoms with Gasteiger partial charge in [-0.1, -0.05) is 0 Å². The Morgan fingerprint density at radius 2 is 2.00 bits per heavy atom. The number of hydrogen-bond donors (Lipinski definition) is 1. The first-order valence-corrected chi connectivity index (χ1v) is 8.39. The Morgan fingerprint density at radius 3 is 2.60 bits per heavy atom. The zero-order valence-corrected chi connectivity index (χ0v) is 14.2. The zero-order valence-electron chi connectivity index (χ0n) is 14.2. The number of nitrogens with zero attached hydrogens (tertiary/aromatic N) is 1. The van der Waals surface area contributed by atoms with Gasteiger partial charge in [-0.25, -0.2) is 0 Å². The Hall–Kier alpha value is -2.60. The first-order chi connectivity index (χ1) is 12.2. The molecule has 0 saturated heterocycles. The molecule has 0 spiro atoms. The minimum Gasteiger partial charge on any atom is -0.467 e. The fourth-order valence-electron chi connectivity index (χ4n) is 2.51. The maximum atomic E-state index is 12.8. The quantitative estimate of drug-likeness (QED) is 0.801. The number of carbonyl (C=O) groups excluding carboxylic acids is 2. The van der Waals surface area contributed by atoms with Gasteiger partial charge >= 0.3 is 0 Å². The van der Waals surface area contributed by atoms with Gasteiger partial charge in [0, 0.05) is 30.8 Å². The highest BCUT2D eigenvalue weighted by Crippen LogP contribution is 2.30. The van der Waals surface area contributed by atoms with Gasteiger partial charge in [-0.2, -0.15) is 0 Å². The smallest absolute Gasteiger partial charge is 0.254 e. The number of anilines is 1. The number of hydrogen-bond acceptors (Lipinski definition) is 4. The number of nitrogens with one attached hydrogen (secondary N) is 1. The van der Waals surface area contributed by atoms with Crippen molar-refractivity contribution in [3.63, 3.8) is 0 Å². The van der Waals surface area contributed by atoms with Crippen LogP contribution in [0.3, 0.4) is 0 Å². The van der Waals surface area contributed by atoms with Crippen LogP contribution in [0.25, 0.3) is 0 Å². The van der Waals surface area contributed by atoms with E-state index in [4.69, 9.17) is 9.15 Å². The van der Waals surface area contributed by atoms with E-state index in [0.29, 0.717) is 30.9 Å². The first-order valence-electron chi connectivity index (χ1n) is 8.39. The molecular formula is C19H22N2O4. The van der Waals surface area contributed by atoms with Crippen molar-refractivity contribution in [2.45, 2.75) is 19.4 Å². The van der Waals surface area contributed by atoms with E-state index in [2.05, 4.69) is 5.32 Å². The molecule has 1 fully saturated rings. The third kappa shape index (κ3) is 4.70. The summed E-state index contributed by atoms with van der Waals surface area (Å²) in [4.78, 5) is 26.2. The molecule has 0 unspecified atom stereocenters. The summed E-state index contributed by atoms with van der Waals surface area (Å²) in [7, 11) is 1.60. The van der Waals surface area contributed by atoms with Crippen LogP contribution < -0.4 is 5.32 Å². The molecule has 2 aromatic rings. The predicted octanol–water partition coefficient (Wildman–Crippen LogP) is 2.92. The number of amides is 2. The van der Waals surface area contributed by atoms with Gasteiger partial charge in [0.05, 0.1) is 19.4 Å². The summed E-state index contributed by atoms with van der Waals surface area (Å²) >= 11 is 0. The molecule has 1 heterocycles. The minimum absolute atomic E-state index is 0.0543. The van der Waals surface area contributed by atoms with Crippen LogP contribution in [0.1, 0.15) is 29.0 Å². The van der Waals surface area contributed by atoms with Crippen LogP contribution in [-0.2, 0) is 16.1 Å². The predicted molar refractivity (Wildman–Crippen MR) is 93.1 cm³/mol. The molecule has 2 amide bonds. The second kappa shape index (κ2) is 7.98. The molecule has 0 radical (unpaired) electrons. The largest absolute Gasteiger partial charge is 0.467 e. The molecule has 1 aromatic carbocycles. The summed E-state index contributed by atoms with van der Waals surface area (Å²) in [6.45, 7) is 1.30. The number of methoxy groups -OCH3 is 1. The van der Waals surface area contributed by atoms with E-state index in [1.165, 1.54) is 0 Å². The number of rotatable bonds is 8. The molecule has 1 aromatic heterocycles. The Bertz CT molecular complexity index is 706. The number of benzene rings is 1. The topological polar surface area (TPSA) is 71.8 Å². The summed E-state index contributed by atoms with van der Waals surface area (Å²) < 4.78 is 10.4. The lowest BCUT2D eigenvalue weighted by molar-refractivity contribution is -0.117. The number of furan rings is 1. The summed E-state index contributed by atoms with van der Waals surface area (Å²) in [6.07, 6.45) is 3.51. The monoisotopic (exact) mass is 342 g/mol. The standard InChI is InChI=1S/C19H22N2O4/c1-24-12-10-21(13-17-3-2-11-25-17)19(23)15-6-8-16(9-7-15)20-18(22)14-4-5-14/h2-3,6-9,11,14H,4-5,10,12-13H2,1H3,(H,20,22). The van der Waals surface area contributed by atoms with Crippen LogP contribution in [0.4, 0.5) is 5.69 Å². The molecule has 3 rings (SSSR count). The fraction of sp³-hybridized carbons (Fsp3) is 0.368. The second-order valence-corrected chi connectivity index (χ2v) is 6.14. The van der Waals surface area contributed by atoms with E-state index in [1.54, 1.807) is 48.6 Å². The maximum absolute atomic E-state index is 12.8. The van der Waals surface area contributed by atoms with Crippen LogP contribution >= 0.6 is 0 Å². The molecule has 1 aliphatic rings. The third-order valence-corrected chi connectivity index (χ3v) is 4.13. The van der Waals surface area contributed by atoms with E-state index in [1.807, 2.05) is 6.07 Å². The molecule has 0 bridgehead atoms. The van der Waals surface area contributed by atoms with Crippen LogP contribution in [0.5, 0.6) is 0 Å². The van der Waals surface area contributed by atoms with Crippen molar-refractivity contribution in [1.82, 2.24) is 4.90 Å². The average Bonchev–Trinajstić information content (AvgIpc) is 3.36. The van der Waals surface area contributed by atoms with Crippen LogP contribution in [-0.4, -0.2) is 37.0 Å². The van der Waals surface area contributed by atoms with Gasteiger partial charge in [0.15, 0.2) is 0 Å². The molecule has 132 valence electrons. The normalized spacial score (nSPS) is 13.5. The molecular weight excluding hydrogens is 320 g/mol. The van der Waals surface area contributed by atoms with Gasteiger partial charge in [-0.05, 0) is 49.2 Å². The lowest BCUT2D eigenvalue weighted by Gasteiger charge is -2.21. The van der Waals surface area contributed by atoms with Gasteiger partial charge in [0.2, 0.25) is 5.91 Å². The van der Waals surface area contributed by atoms with Crippen LogP contribution in [0, 0.1) is 5.92 Å². The molecule has 0 aliphatic heterocycles. The lowest BCUT2D eigenvalue weighted by Crippen LogP contribution is -2.33. The summed E-state index contributed by atoms with van der Waals surface area (Å²) in [5, 5.41) is 2.87. The average molecular weight is 342 g/mol. The van der Waals surface area contributed by atoms with Crippen molar-refractivity contribution in [3.8, 4) is 0 Å². The fourth-order valence-corrected chi connectivity index (χ4v) is 2.51. The summed E-state index contributed by atoms with van der Waals surface area (Å²) in [6, 6.07) is 10.6. The Balaban J connectivity index is 1.66. The SMILES string of the molecule is COCCN(Cc1ccco1)C(=O)c1ccc(NC(=O)C2CC2)cc1. The van der Waals surface area contributed by atoms with Crippen molar-refractivity contribution in [3.05, 3.63) is 54.0 Å². The van der Waals surface area contributed by atoms with Gasteiger partial charge in [0.25, 0.3) is 5.91 Å². The Labute approximate surface area is 146 Å². The van der Waals surface area contributed by atoms with Crippen molar-refractivity contribution in [2.75, 3.05) is 25.6 Å². The van der Waals surface area contributed by atoms with E-state index >= 15 is 0 Å². The molecule has 1 saturated carbocycles. The highest BCUT2D eigenvalue weighted by molar-refractivity contribution is 5.96. The molecule has 6 nitrogen and oxygen atoms in total. The van der Waals surface area contributed by atoms with E-state index in [0.717, 1.165) is 18.6 Å². The molecule has 0 atom stereocenters. The lowest BCUT2D eigenvalue weighted by atomic mass is 10.1. The van der Waals surface area contributed by atoms with Crippen molar-refractivity contribution in [1.29, 1.82) is 0 Å². The van der Waals surface area contributed by atoms with E-state index in [9.17, 15) is 9.59 Å². The minimum atomic E-state index is -0.103. The van der Waals surface area contributed by atoms with Crippen molar-refractivity contribution < 1.29 is 18.7 Å². The molecule has 6 heteroatoms. The molecule has 1 N–H and O–H groups in total. The second-order valence-electron chi connectivity index (χ2n) is 6.14. The van der Waals surface area contributed by atoms with Crippen LogP contribution in [0.15, 0.2) is 47.1 Å². The Kier molecular flexibility index (Phi) is 5.50. The van der Waals surface area contributed by atoms with Gasteiger partial charge < -0.3 is 19.4 Å². The summed E-state index contributed by atoms with van der Waals surface area (Å²) in [5.41, 5.74) is 1.27. The van der Waals surface area contributed by atoms with Crippen molar-refractivity contribution in [2.24, 2.45) is 5.92 Å². The number of carbonyl (C=O) groups is 2. The third-order valence-electron chi connectivity index (χ3n) is 4.13. The first kappa shape index (κ1) is 17.2. The summed E-state index contributed by atoms with van der Waals surface area (Å²) in [5.74, 6) is 0.823. The highest BCUT2D eigenvalue weighted by Gasteiger charge is 2.29. The van der Waals surface area contributed by atoms with Crippen molar-refractivity contribution >= 4 is 17.5 Å². The van der Waals surface area contributed by atoms with Gasteiger partial charge in [-0.3, -0.25) is 9.59 Å². The maximum Gasteiger partial charge on any atom is 0.254 e. The van der Waals surface area contributed by atoms with Crippen LogP contribution in [0.2, 0.25) is 0 Å².